The minimum Gasteiger partial charge on any atom is -0.315 e. The van der Waals surface area contributed by atoms with Crippen molar-refractivity contribution in [2.24, 2.45) is 0 Å². The van der Waals surface area contributed by atoms with Crippen molar-refractivity contribution >= 4 is 0 Å². The molecule has 2 aliphatic rings. The maximum Gasteiger partial charge on any atom is 0.0107 e. The Morgan fingerprint density at radius 1 is 0.941 bits per heavy atom. The van der Waals surface area contributed by atoms with E-state index >= 15 is 0 Å². The minimum absolute atomic E-state index is 0.808. The molecular weight excluding hydrogens is 210 g/mol. The van der Waals surface area contributed by atoms with E-state index in [-0.39, 0.29) is 0 Å². The van der Waals surface area contributed by atoms with Crippen LogP contribution in [0.5, 0.6) is 0 Å². The average molecular weight is 239 g/mol. The van der Waals surface area contributed by atoms with E-state index in [1.54, 1.807) is 0 Å². The summed E-state index contributed by atoms with van der Waals surface area (Å²) in [6.07, 6.45) is 9.90. The van der Waals surface area contributed by atoms with Crippen LogP contribution in [-0.4, -0.2) is 50.2 Å². The van der Waals surface area contributed by atoms with Crippen molar-refractivity contribution in [1.82, 2.24) is 15.5 Å². The summed E-state index contributed by atoms with van der Waals surface area (Å²) in [6.45, 7) is 7.30. The molecule has 0 bridgehead atoms. The zero-order chi connectivity index (χ0) is 11.8. The molecule has 0 aromatic carbocycles. The second kappa shape index (κ2) is 8.06. The van der Waals surface area contributed by atoms with Crippen LogP contribution in [-0.2, 0) is 0 Å². The Kier molecular flexibility index (Phi) is 6.32. The molecule has 0 spiro atoms. The molecule has 1 aliphatic carbocycles. The standard InChI is InChI=1S/C14H29N3/c1-2-4-7-14(6-3-1)16-10-13-17-11-5-8-15-9-12-17/h14-16H,1-13H2. The van der Waals surface area contributed by atoms with E-state index in [0.717, 1.165) is 6.04 Å². The van der Waals surface area contributed by atoms with Crippen molar-refractivity contribution in [3.63, 3.8) is 0 Å². The summed E-state index contributed by atoms with van der Waals surface area (Å²) in [5.41, 5.74) is 0. The van der Waals surface area contributed by atoms with Crippen LogP contribution in [0.1, 0.15) is 44.9 Å². The van der Waals surface area contributed by atoms with E-state index in [2.05, 4.69) is 15.5 Å². The maximum absolute atomic E-state index is 3.77. The Morgan fingerprint density at radius 3 is 2.59 bits per heavy atom. The first-order valence-corrected chi connectivity index (χ1v) is 7.61. The zero-order valence-electron chi connectivity index (χ0n) is 11.2. The molecule has 0 aromatic heterocycles. The van der Waals surface area contributed by atoms with Crippen LogP contribution in [0.2, 0.25) is 0 Å². The van der Waals surface area contributed by atoms with Gasteiger partial charge in [0, 0.05) is 32.2 Å². The van der Waals surface area contributed by atoms with Crippen LogP contribution in [0.15, 0.2) is 0 Å². The summed E-state index contributed by atoms with van der Waals surface area (Å²) < 4.78 is 0. The largest absolute Gasteiger partial charge is 0.315 e. The smallest absolute Gasteiger partial charge is 0.0107 e. The predicted molar refractivity (Wildman–Crippen MR) is 73.4 cm³/mol. The van der Waals surface area contributed by atoms with Crippen molar-refractivity contribution in [1.29, 1.82) is 0 Å². The summed E-state index contributed by atoms with van der Waals surface area (Å²) >= 11 is 0. The number of hydrogen-bond acceptors (Lipinski definition) is 3. The van der Waals surface area contributed by atoms with Gasteiger partial charge < -0.3 is 15.5 Å². The maximum atomic E-state index is 3.77. The topological polar surface area (TPSA) is 27.3 Å². The second-order valence-electron chi connectivity index (χ2n) is 5.59. The molecule has 1 aliphatic heterocycles. The first-order chi connectivity index (χ1) is 8.45. The lowest BCUT2D eigenvalue weighted by Crippen LogP contribution is -2.38. The monoisotopic (exact) mass is 239 g/mol. The van der Waals surface area contributed by atoms with E-state index in [9.17, 15) is 0 Å². The van der Waals surface area contributed by atoms with Crippen molar-refractivity contribution < 1.29 is 0 Å². The molecule has 3 nitrogen and oxygen atoms in total. The van der Waals surface area contributed by atoms with Gasteiger partial charge in [0.25, 0.3) is 0 Å². The fourth-order valence-electron chi connectivity index (χ4n) is 3.04. The van der Waals surface area contributed by atoms with Gasteiger partial charge in [0.1, 0.15) is 0 Å². The van der Waals surface area contributed by atoms with Gasteiger partial charge >= 0.3 is 0 Å². The highest BCUT2D eigenvalue weighted by molar-refractivity contribution is 4.72. The van der Waals surface area contributed by atoms with Gasteiger partial charge in [0.05, 0.1) is 0 Å². The normalized spacial score (nSPS) is 25.4. The van der Waals surface area contributed by atoms with Crippen LogP contribution >= 0.6 is 0 Å². The van der Waals surface area contributed by atoms with Crippen LogP contribution in [0.4, 0.5) is 0 Å². The fraction of sp³-hybridized carbons (Fsp3) is 1.00. The lowest BCUT2D eigenvalue weighted by molar-refractivity contribution is 0.283. The Balaban J connectivity index is 1.57. The lowest BCUT2D eigenvalue weighted by Gasteiger charge is -2.22. The van der Waals surface area contributed by atoms with Gasteiger partial charge in [0.2, 0.25) is 0 Å². The summed E-state index contributed by atoms with van der Waals surface area (Å²) in [5, 5.41) is 7.23. The highest BCUT2D eigenvalue weighted by Gasteiger charge is 2.12. The van der Waals surface area contributed by atoms with Crippen molar-refractivity contribution in [3.05, 3.63) is 0 Å². The lowest BCUT2D eigenvalue weighted by atomic mass is 10.1. The Hall–Kier alpha value is -0.120. The summed E-state index contributed by atoms with van der Waals surface area (Å²) in [4.78, 5) is 2.60. The van der Waals surface area contributed by atoms with E-state index in [0.29, 0.717) is 0 Å². The summed E-state index contributed by atoms with van der Waals surface area (Å²) in [7, 11) is 0. The van der Waals surface area contributed by atoms with E-state index in [1.807, 2.05) is 0 Å². The van der Waals surface area contributed by atoms with Gasteiger partial charge in [-0.25, -0.2) is 0 Å². The average Bonchev–Trinajstić information content (AvgIpc) is 2.73. The molecule has 1 saturated carbocycles. The quantitative estimate of drug-likeness (QED) is 0.730. The second-order valence-corrected chi connectivity index (χ2v) is 5.59. The number of nitrogens with zero attached hydrogens (tertiary/aromatic N) is 1. The van der Waals surface area contributed by atoms with E-state index < -0.39 is 0 Å². The molecule has 2 rings (SSSR count). The highest BCUT2D eigenvalue weighted by Crippen LogP contribution is 2.16. The summed E-state index contributed by atoms with van der Waals surface area (Å²) in [5.74, 6) is 0. The number of rotatable bonds is 4. The summed E-state index contributed by atoms with van der Waals surface area (Å²) in [6, 6.07) is 0.808. The molecule has 2 fully saturated rings. The van der Waals surface area contributed by atoms with Crippen LogP contribution < -0.4 is 10.6 Å². The van der Waals surface area contributed by atoms with Gasteiger partial charge in [-0.05, 0) is 32.4 Å². The van der Waals surface area contributed by atoms with Crippen LogP contribution in [0.25, 0.3) is 0 Å². The molecule has 17 heavy (non-hydrogen) atoms. The third kappa shape index (κ3) is 5.36. The fourth-order valence-corrected chi connectivity index (χ4v) is 3.04. The van der Waals surface area contributed by atoms with Gasteiger partial charge in [-0.2, -0.15) is 0 Å². The number of hydrogen-bond donors (Lipinski definition) is 2. The molecule has 0 radical (unpaired) electrons. The van der Waals surface area contributed by atoms with Crippen LogP contribution in [0, 0.1) is 0 Å². The van der Waals surface area contributed by atoms with Gasteiger partial charge in [-0.3, -0.25) is 0 Å². The van der Waals surface area contributed by atoms with Gasteiger partial charge in [0.15, 0.2) is 0 Å². The SMILES string of the molecule is C1CCCC(NCCN2CCCNCC2)CC1. The molecular formula is C14H29N3. The van der Waals surface area contributed by atoms with E-state index in [1.165, 1.54) is 84.2 Å². The predicted octanol–water partition coefficient (Wildman–Crippen LogP) is 1.59. The third-order valence-electron chi connectivity index (χ3n) is 4.15. The third-order valence-corrected chi connectivity index (χ3v) is 4.15. The molecule has 0 unspecified atom stereocenters. The first-order valence-electron chi connectivity index (χ1n) is 7.61. The van der Waals surface area contributed by atoms with Gasteiger partial charge in [-0.15, -0.1) is 0 Å². The molecule has 0 amide bonds. The highest BCUT2D eigenvalue weighted by atomic mass is 15.2. The van der Waals surface area contributed by atoms with E-state index in [4.69, 9.17) is 0 Å². The molecule has 1 heterocycles. The number of nitrogens with one attached hydrogen (secondary N) is 2. The van der Waals surface area contributed by atoms with Crippen molar-refractivity contribution in [3.8, 4) is 0 Å². The van der Waals surface area contributed by atoms with Crippen LogP contribution in [0.3, 0.4) is 0 Å². The Bertz CT molecular complexity index is 160. The molecule has 100 valence electrons. The van der Waals surface area contributed by atoms with Crippen molar-refractivity contribution in [2.75, 3.05) is 39.3 Å². The molecule has 2 N–H and O–H groups in total. The minimum atomic E-state index is 0.808. The molecule has 0 atom stereocenters. The molecule has 1 saturated heterocycles. The zero-order valence-corrected chi connectivity index (χ0v) is 11.2. The van der Waals surface area contributed by atoms with Gasteiger partial charge in [-0.1, -0.05) is 25.7 Å². The van der Waals surface area contributed by atoms with Crippen molar-refractivity contribution in [2.45, 2.75) is 51.0 Å². The molecule has 3 heteroatoms. The molecule has 0 aromatic rings. The first kappa shape index (κ1) is 13.3. The Labute approximate surface area is 106 Å². The Morgan fingerprint density at radius 2 is 1.76 bits per heavy atom.